The fourth-order valence-corrected chi connectivity index (χ4v) is 3.29. The largest absolute Gasteiger partial charge is 0.497 e. The Hall–Kier alpha value is -2.33. The zero-order chi connectivity index (χ0) is 16.9. The standard InChI is InChI=1S/C20H24N2O2/c1-24-19-7-5-16(6-8-19)20(23)17-9-11-22(12-10-17)14-15-3-2-4-18(21)13-15/h2-8,13,17H,9-12,14,21H2,1H3. The number of ether oxygens (including phenoxy) is 1. The molecule has 4 heteroatoms. The number of carbonyl (C=O) groups excluding carboxylic acids is 1. The lowest BCUT2D eigenvalue weighted by Gasteiger charge is -2.31. The highest BCUT2D eigenvalue weighted by Crippen LogP contribution is 2.24. The van der Waals surface area contributed by atoms with Gasteiger partial charge in [0.05, 0.1) is 7.11 Å². The summed E-state index contributed by atoms with van der Waals surface area (Å²) in [4.78, 5) is 15.0. The van der Waals surface area contributed by atoms with Crippen molar-refractivity contribution < 1.29 is 9.53 Å². The van der Waals surface area contributed by atoms with E-state index in [-0.39, 0.29) is 11.7 Å². The van der Waals surface area contributed by atoms with Crippen molar-refractivity contribution in [2.45, 2.75) is 19.4 Å². The van der Waals surface area contributed by atoms with Gasteiger partial charge in [0, 0.05) is 23.7 Å². The molecule has 4 nitrogen and oxygen atoms in total. The highest BCUT2D eigenvalue weighted by Gasteiger charge is 2.25. The summed E-state index contributed by atoms with van der Waals surface area (Å²) in [6.07, 6.45) is 1.82. The molecule has 2 aromatic rings. The number of carbonyl (C=O) groups is 1. The number of hydrogen-bond acceptors (Lipinski definition) is 4. The van der Waals surface area contributed by atoms with E-state index < -0.39 is 0 Å². The summed E-state index contributed by atoms with van der Waals surface area (Å²) >= 11 is 0. The summed E-state index contributed by atoms with van der Waals surface area (Å²) in [5, 5.41) is 0. The SMILES string of the molecule is COc1ccc(C(=O)C2CCN(Cc3cccc(N)c3)CC2)cc1. The molecule has 1 fully saturated rings. The number of likely N-dealkylation sites (tertiary alicyclic amines) is 1. The van der Waals surface area contributed by atoms with Crippen molar-refractivity contribution in [3.8, 4) is 5.75 Å². The van der Waals surface area contributed by atoms with Gasteiger partial charge < -0.3 is 10.5 Å². The molecule has 0 amide bonds. The normalized spacial score (nSPS) is 16.0. The van der Waals surface area contributed by atoms with Crippen LogP contribution in [0.25, 0.3) is 0 Å². The Morgan fingerprint density at radius 2 is 1.88 bits per heavy atom. The van der Waals surface area contributed by atoms with E-state index >= 15 is 0 Å². The predicted octanol–water partition coefficient (Wildman–Crippen LogP) is 3.37. The van der Waals surface area contributed by atoms with E-state index in [2.05, 4.69) is 11.0 Å². The van der Waals surface area contributed by atoms with Crippen LogP contribution in [0.3, 0.4) is 0 Å². The lowest BCUT2D eigenvalue weighted by atomic mass is 9.88. The van der Waals surface area contributed by atoms with E-state index in [1.807, 2.05) is 42.5 Å². The molecule has 24 heavy (non-hydrogen) atoms. The number of nitrogens with zero attached hydrogens (tertiary/aromatic N) is 1. The smallest absolute Gasteiger partial charge is 0.166 e. The maximum absolute atomic E-state index is 12.6. The van der Waals surface area contributed by atoms with Gasteiger partial charge in [0.15, 0.2) is 5.78 Å². The maximum atomic E-state index is 12.6. The number of rotatable bonds is 5. The zero-order valence-electron chi connectivity index (χ0n) is 14.1. The molecule has 0 atom stereocenters. The molecular weight excluding hydrogens is 300 g/mol. The number of hydrogen-bond donors (Lipinski definition) is 1. The molecule has 0 spiro atoms. The van der Waals surface area contributed by atoms with Crippen molar-refractivity contribution in [3.63, 3.8) is 0 Å². The summed E-state index contributed by atoms with van der Waals surface area (Å²) in [6.45, 7) is 2.79. The van der Waals surface area contributed by atoms with Crippen LogP contribution in [0, 0.1) is 5.92 Å². The number of anilines is 1. The number of Topliss-reactive ketones (excluding diaryl/α,β-unsaturated/α-hetero) is 1. The van der Waals surface area contributed by atoms with Gasteiger partial charge in [0.25, 0.3) is 0 Å². The van der Waals surface area contributed by atoms with E-state index in [4.69, 9.17) is 10.5 Å². The van der Waals surface area contributed by atoms with E-state index in [1.165, 1.54) is 5.56 Å². The lowest BCUT2D eigenvalue weighted by molar-refractivity contribution is 0.0835. The molecule has 2 aromatic carbocycles. The quantitative estimate of drug-likeness (QED) is 0.677. The highest BCUT2D eigenvalue weighted by atomic mass is 16.5. The van der Waals surface area contributed by atoms with E-state index in [0.29, 0.717) is 0 Å². The van der Waals surface area contributed by atoms with Gasteiger partial charge >= 0.3 is 0 Å². The lowest BCUT2D eigenvalue weighted by Crippen LogP contribution is -2.35. The number of ketones is 1. The van der Waals surface area contributed by atoms with Crippen LogP contribution in [0.4, 0.5) is 5.69 Å². The number of piperidine rings is 1. The van der Waals surface area contributed by atoms with Gasteiger partial charge in [0.2, 0.25) is 0 Å². The molecule has 126 valence electrons. The van der Waals surface area contributed by atoms with Crippen molar-refractivity contribution >= 4 is 11.5 Å². The molecule has 1 aliphatic heterocycles. The topological polar surface area (TPSA) is 55.6 Å². The Labute approximate surface area is 143 Å². The molecule has 0 aliphatic carbocycles. The molecule has 1 heterocycles. The van der Waals surface area contributed by atoms with E-state index in [1.54, 1.807) is 7.11 Å². The molecule has 0 radical (unpaired) electrons. The molecule has 1 aliphatic rings. The van der Waals surface area contributed by atoms with Gasteiger partial charge in [-0.3, -0.25) is 9.69 Å². The van der Waals surface area contributed by atoms with Gasteiger partial charge in [0.1, 0.15) is 5.75 Å². The third kappa shape index (κ3) is 3.95. The van der Waals surface area contributed by atoms with Crippen LogP contribution in [0.2, 0.25) is 0 Å². The second kappa shape index (κ2) is 7.49. The number of nitrogen functional groups attached to an aromatic ring is 1. The second-order valence-electron chi connectivity index (χ2n) is 6.39. The van der Waals surface area contributed by atoms with Crippen LogP contribution >= 0.6 is 0 Å². The van der Waals surface area contributed by atoms with Gasteiger partial charge in [-0.2, -0.15) is 0 Å². The second-order valence-corrected chi connectivity index (χ2v) is 6.39. The van der Waals surface area contributed by atoms with Crippen LogP contribution in [0.5, 0.6) is 5.75 Å². The first-order valence-electron chi connectivity index (χ1n) is 8.41. The van der Waals surface area contributed by atoms with Crippen LogP contribution < -0.4 is 10.5 Å². The predicted molar refractivity (Wildman–Crippen MR) is 96.2 cm³/mol. The minimum absolute atomic E-state index is 0.121. The van der Waals surface area contributed by atoms with Crippen molar-refractivity contribution in [2.24, 2.45) is 5.92 Å². The fraction of sp³-hybridized carbons (Fsp3) is 0.350. The van der Waals surface area contributed by atoms with E-state index in [9.17, 15) is 4.79 Å². The number of nitrogens with two attached hydrogens (primary N) is 1. The summed E-state index contributed by atoms with van der Waals surface area (Å²) in [7, 11) is 1.63. The average Bonchev–Trinajstić information content (AvgIpc) is 2.62. The first kappa shape index (κ1) is 16.5. The monoisotopic (exact) mass is 324 g/mol. The molecule has 3 rings (SSSR count). The van der Waals surface area contributed by atoms with Gasteiger partial charge in [-0.25, -0.2) is 0 Å². The Bertz CT molecular complexity index is 689. The Morgan fingerprint density at radius 1 is 1.17 bits per heavy atom. The summed E-state index contributed by atoms with van der Waals surface area (Å²) in [6, 6.07) is 15.4. The first-order chi connectivity index (χ1) is 11.7. The van der Waals surface area contributed by atoms with Crippen LogP contribution in [0.1, 0.15) is 28.8 Å². The van der Waals surface area contributed by atoms with Crippen LogP contribution in [0.15, 0.2) is 48.5 Å². The molecule has 0 unspecified atom stereocenters. The van der Waals surface area contributed by atoms with Gasteiger partial charge in [-0.1, -0.05) is 12.1 Å². The molecule has 0 bridgehead atoms. The number of methoxy groups -OCH3 is 1. The molecule has 0 saturated carbocycles. The highest BCUT2D eigenvalue weighted by molar-refractivity contribution is 5.98. The molecule has 2 N–H and O–H groups in total. The van der Waals surface area contributed by atoms with Crippen molar-refractivity contribution in [2.75, 3.05) is 25.9 Å². The Balaban J connectivity index is 1.55. The van der Waals surface area contributed by atoms with Crippen LogP contribution in [-0.2, 0) is 6.54 Å². The van der Waals surface area contributed by atoms with Crippen molar-refractivity contribution in [3.05, 3.63) is 59.7 Å². The Kier molecular flexibility index (Phi) is 5.16. The number of benzene rings is 2. The third-order valence-electron chi connectivity index (χ3n) is 4.69. The van der Waals surface area contributed by atoms with Crippen molar-refractivity contribution in [1.29, 1.82) is 0 Å². The van der Waals surface area contributed by atoms with Crippen LogP contribution in [-0.4, -0.2) is 30.9 Å². The first-order valence-corrected chi connectivity index (χ1v) is 8.41. The third-order valence-corrected chi connectivity index (χ3v) is 4.69. The fourth-order valence-electron chi connectivity index (χ4n) is 3.29. The summed E-state index contributed by atoms with van der Waals surface area (Å²) < 4.78 is 5.15. The zero-order valence-corrected chi connectivity index (χ0v) is 14.1. The average molecular weight is 324 g/mol. The molecular formula is C20H24N2O2. The maximum Gasteiger partial charge on any atom is 0.166 e. The van der Waals surface area contributed by atoms with Gasteiger partial charge in [-0.05, 0) is 67.9 Å². The van der Waals surface area contributed by atoms with Gasteiger partial charge in [-0.15, -0.1) is 0 Å². The minimum atomic E-state index is 0.121. The summed E-state index contributed by atoms with van der Waals surface area (Å²) in [5.74, 6) is 1.15. The van der Waals surface area contributed by atoms with Crippen molar-refractivity contribution in [1.82, 2.24) is 4.90 Å². The van der Waals surface area contributed by atoms with E-state index in [0.717, 1.165) is 49.5 Å². The summed E-state index contributed by atoms with van der Waals surface area (Å²) in [5.41, 5.74) is 8.66. The Morgan fingerprint density at radius 3 is 2.50 bits per heavy atom. The molecule has 1 saturated heterocycles. The molecule has 0 aromatic heterocycles. The minimum Gasteiger partial charge on any atom is -0.497 e.